The average Bonchev–Trinajstić information content (AvgIpc) is 2.94. The van der Waals surface area contributed by atoms with Gasteiger partial charge in [0.05, 0.1) is 13.2 Å². The third-order valence-electron chi connectivity index (χ3n) is 2.80. The van der Waals surface area contributed by atoms with Gasteiger partial charge in [-0.2, -0.15) is 5.10 Å². The molecule has 0 aliphatic carbocycles. The maximum absolute atomic E-state index is 8.90. The van der Waals surface area contributed by atoms with Crippen LogP contribution in [0.4, 0.5) is 5.82 Å². The van der Waals surface area contributed by atoms with Crippen molar-refractivity contribution in [2.75, 3.05) is 12.3 Å². The van der Waals surface area contributed by atoms with Crippen molar-refractivity contribution in [3.05, 3.63) is 36.4 Å². The molecule has 0 amide bonds. The topological polar surface area (TPSA) is 77.2 Å². The molecular weight excluding hydrogens is 230 g/mol. The van der Waals surface area contributed by atoms with Crippen LogP contribution in [-0.4, -0.2) is 21.5 Å². The van der Waals surface area contributed by atoms with E-state index >= 15 is 0 Å². The highest BCUT2D eigenvalue weighted by atomic mass is 16.3. The van der Waals surface area contributed by atoms with Crippen LogP contribution >= 0.6 is 0 Å². The number of nitrogens with zero attached hydrogens (tertiary/aromatic N) is 2. The van der Waals surface area contributed by atoms with Gasteiger partial charge in [0, 0.05) is 11.5 Å². The number of aliphatic hydroxyl groups excluding tert-OH is 1. The molecule has 0 radical (unpaired) electrons. The Labute approximate surface area is 103 Å². The number of nitrogens with two attached hydrogens (primary N) is 1. The fraction of sp³-hybridized carbons (Fsp3) is 0.154. The van der Waals surface area contributed by atoms with Gasteiger partial charge in [0.1, 0.15) is 17.1 Å². The molecule has 0 saturated carbocycles. The van der Waals surface area contributed by atoms with Crippen molar-refractivity contribution in [1.29, 1.82) is 0 Å². The Morgan fingerprint density at radius 1 is 1.28 bits per heavy atom. The number of rotatable bonds is 3. The van der Waals surface area contributed by atoms with Gasteiger partial charge < -0.3 is 15.3 Å². The molecule has 3 N–H and O–H groups in total. The van der Waals surface area contributed by atoms with Crippen molar-refractivity contribution >= 4 is 16.8 Å². The number of nitrogen functional groups attached to an aromatic ring is 1. The molecule has 0 bridgehead atoms. The van der Waals surface area contributed by atoms with E-state index in [1.807, 2.05) is 30.3 Å². The summed E-state index contributed by atoms with van der Waals surface area (Å²) in [4.78, 5) is 0. The number of aromatic nitrogens is 2. The first-order chi connectivity index (χ1) is 8.78. The van der Waals surface area contributed by atoms with Crippen molar-refractivity contribution in [1.82, 2.24) is 9.78 Å². The third-order valence-corrected chi connectivity index (χ3v) is 2.80. The lowest BCUT2D eigenvalue weighted by Gasteiger charge is -1.98. The molecule has 0 unspecified atom stereocenters. The molecule has 5 nitrogen and oxygen atoms in total. The molecule has 0 saturated heterocycles. The first-order valence-electron chi connectivity index (χ1n) is 5.71. The van der Waals surface area contributed by atoms with E-state index in [1.54, 1.807) is 10.7 Å². The molecule has 3 rings (SSSR count). The fourth-order valence-electron chi connectivity index (χ4n) is 1.93. The molecule has 0 fully saturated rings. The number of anilines is 1. The van der Waals surface area contributed by atoms with Gasteiger partial charge in [-0.1, -0.05) is 18.2 Å². The lowest BCUT2D eigenvalue weighted by atomic mass is 10.2. The van der Waals surface area contributed by atoms with Gasteiger partial charge in [-0.3, -0.25) is 0 Å². The Bertz CT molecular complexity index is 651. The Morgan fingerprint density at radius 3 is 2.89 bits per heavy atom. The van der Waals surface area contributed by atoms with Crippen LogP contribution in [0.1, 0.15) is 0 Å². The zero-order valence-electron chi connectivity index (χ0n) is 9.71. The van der Waals surface area contributed by atoms with E-state index in [-0.39, 0.29) is 6.61 Å². The number of hydrogen-bond donors (Lipinski definition) is 2. The molecule has 0 atom stereocenters. The van der Waals surface area contributed by atoms with E-state index in [1.165, 1.54) is 0 Å². The maximum atomic E-state index is 8.90. The number of hydrogen-bond acceptors (Lipinski definition) is 4. The zero-order valence-corrected chi connectivity index (χ0v) is 9.71. The molecular formula is C13H13N3O2. The van der Waals surface area contributed by atoms with Crippen molar-refractivity contribution in [3.8, 4) is 11.5 Å². The summed E-state index contributed by atoms with van der Waals surface area (Å²) in [5.41, 5.74) is 7.31. The molecule has 0 aliphatic rings. The normalized spacial score (nSPS) is 11.2. The molecule has 2 heterocycles. The summed E-state index contributed by atoms with van der Waals surface area (Å²) < 4.78 is 7.26. The lowest BCUT2D eigenvalue weighted by molar-refractivity contribution is 0.270. The Morgan fingerprint density at radius 2 is 2.11 bits per heavy atom. The summed E-state index contributed by atoms with van der Waals surface area (Å²) in [5.74, 6) is 1.19. The Hall–Kier alpha value is -2.27. The summed E-state index contributed by atoms with van der Waals surface area (Å²) in [6.45, 7) is 0.386. The highest BCUT2D eigenvalue weighted by Crippen LogP contribution is 2.27. The molecule has 0 aliphatic heterocycles. The summed E-state index contributed by atoms with van der Waals surface area (Å²) in [5, 5.41) is 14.2. The van der Waals surface area contributed by atoms with Crippen LogP contribution < -0.4 is 5.73 Å². The zero-order chi connectivity index (χ0) is 12.5. The van der Waals surface area contributed by atoms with Crippen molar-refractivity contribution < 1.29 is 9.52 Å². The monoisotopic (exact) mass is 243 g/mol. The minimum Gasteiger partial charge on any atom is -0.454 e. The summed E-state index contributed by atoms with van der Waals surface area (Å²) >= 11 is 0. The second kappa shape index (κ2) is 4.19. The van der Waals surface area contributed by atoms with Crippen LogP contribution in [0.2, 0.25) is 0 Å². The summed E-state index contributed by atoms with van der Waals surface area (Å²) in [6, 6.07) is 11.5. The molecule has 3 aromatic rings. The van der Waals surface area contributed by atoms with Gasteiger partial charge in [0.25, 0.3) is 0 Å². The van der Waals surface area contributed by atoms with Gasteiger partial charge >= 0.3 is 0 Å². The molecule has 2 aromatic heterocycles. The van der Waals surface area contributed by atoms with E-state index < -0.39 is 0 Å². The average molecular weight is 243 g/mol. The van der Waals surface area contributed by atoms with Gasteiger partial charge in [-0.15, -0.1) is 0 Å². The van der Waals surface area contributed by atoms with Gasteiger partial charge in [0.15, 0.2) is 5.76 Å². The first-order valence-corrected chi connectivity index (χ1v) is 5.71. The highest BCUT2D eigenvalue weighted by molar-refractivity contribution is 5.82. The largest absolute Gasteiger partial charge is 0.454 e. The molecule has 0 spiro atoms. The number of furan rings is 1. The lowest BCUT2D eigenvalue weighted by Crippen LogP contribution is -2.07. The van der Waals surface area contributed by atoms with E-state index in [2.05, 4.69) is 5.10 Å². The molecule has 5 heteroatoms. The Balaban J connectivity index is 2.05. The van der Waals surface area contributed by atoms with Crippen LogP contribution in [0.15, 0.2) is 40.8 Å². The second-order valence-corrected chi connectivity index (χ2v) is 4.05. The van der Waals surface area contributed by atoms with E-state index in [9.17, 15) is 0 Å². The molecule has 92 valence electrons. The number of para-hydroxylation sites is 1. The van der Waals surface area contributed by atoms with Crippen LogP contribution in [-0.2, 0) is 6.54 Å². The fourth-order valence-corrected chi connectivity index (χ4v) is 1.93. The van der Waals surface area contributed by atoms with Crippen LogP contribution in [0.25, 0.3) is 22.4 Å². The molecule has 18 heavy (non-hydrogen) atoms. The first kappa shape index (κ1) is 10.9. The summed E-state index contributed by atoms with van der Waals surface area (Å²) in [6.07, 6.45) is 0. The second-order valence-electron chi connectivity index (χ2n) is 4.05. The highest BCUT2D eigenvalue weighted by Gasteiger charge is 2.11. The minimum atomic E-state index is 0.00541. The molecule has 1 aromatic carbocycles. The van der Waals surface area contributed by atoms with Crippen molar-refractivity contribution in [2.24, 2.45) is 0 Å². The quantitative estimate of drug-likeness (QED) is 0.736. The summed E-state index contributed by atoms with van der Waals surface area (Å²) in [7, 11) is 0. The Kier molecular flexibility index (Phi) is 2.53. The predicted octanol–water partition coefficient (Wildman–Crippen LogP) is 1.87. The van der Waals surface area contributed by atoms with Gasteiger partial charge in [0.2, 0.25) is 0 Å². The van der Waals surface area contributed by atoms with Gasteiger partial charge in [-0.05, 0) is 12.1 Å². The standard InChI is InChI=1S/C13H13N3O2/c14-13-8-10(15-16(13)5-6-17)12-7-9-3-1-2-4-11(9)18-12/h1-4,7-8,17H,5-6,14H2. The van der Waals surface area contributed by atoms with Crippen LogP contribution in [0.5, 0.6) is 0 Å². The van der Waals surface area contributed by atoms with Crippen LogP contribution in [0.3, 0.4) is 0 Å². The minimum absolute atomic E-state index is 0.00541. The number of benzene rings is 1. The van der Waals surface area contributed by atoms with Gasteiger partial charge in [-0.25, -0.2) is 4.68 Å². The third kappa shape index (κ3) is 1.74. The van der Waals surface area contributed by atoms with Crippen molar-refractivity contribution in [3.63, 3.8) is 0 Å². The van der Waals surface area contributed by atoms with E-state index in [0.29, 0.717) is 23.8 Å². The van der Waals surface area contributed by atoms with E-state index in [0.717, 1.165) is 11.0 Å². The maximum Gasteiger partial charge on any atom is 0.155 e. The number of aliphatic hydroxyl groups is 1. The van der Waals surface area contributed by atoms with E-state index in [4.69, 9.17) is 15.3 Å². The SMILES string of the molecule is Nc1cc(-c2cc3ccccc3o2)nn1CCO. The predicted molar refractivity (Wildman–Crippen MR) is 68.9 cm³/mol. The smallest absolute Gasteiger partial charge is 0.155 e. The number of fused-ring (bicyclic) bond motifs is 1. The van der Waals surface area contributed by atoms with Crippen LogP contribution in [0, 0.1) is 0 Å². The van der Waals surface area contributed by atoms with Crippen molar-refractivity contribution in [2.45, 2.75) is 6.54 Å².